The second kappa shape index (κ2) is 7.63. The van der Waals surface area contributed by atoms with Gasteiger partial charge in [-0.15, -0.1) is 0 Å². The van der Waals surface area contributed by atoms with E-state index in [0.29, 0.717) is 12.3 Å². The number of nitrogens with one attached hydrogen (secondary N) is 1. The van der Waals surface area contributed by atoms with Crippen LogP contribution >= 0.6 is 0 Å². The number of hydrogen-bond acceptors (Lipinski definition) is 3. The largest absolute Gasteiger partial charge is 0.396 e. The molecule has 0 aromatic carbocycles. The van der Waals surface area contributed by atoms with Gasteiger partial charge in [0, 0.05) is 12.6 Å². The van der Waals surface area contributed by atoms with Gasteiger partial charge in [0.1, 0.15) is 0 Å². The van der Waals surface area contributed by atoms with Crippen LogP contribution in [0.4, 0.5) is 0 Å². The van der Waals surface area contributed by atoms with Crippen molar-refractivity contribution in [3.05, 3.63) is 0 Å². The average Bonchev–Trinajstić information content (AvgIpc) is 2.17. The Balaban J connectivity index is 4.37. The van der Waals surface area contributed by atoms with Crippen LogP contribution < -0.4 is 5.32 Å². The zero-order chi connectivity index (χ0) is 12.7. The molecule has 0 saturated carbocycles. The first-order chi connectivity index (χ1) is 7.43. The SMILES string of the molecule is CCC(C(=O)NC(CCO)C(C)C)N(C)C. The number of aliphatic hydroxyl groups is 1. The van der Waals surface area contributed by atoms with E-state index in [1.165, 1.54) is 0 Å². The van der Waals surface area contributed by atoms with Crippen molar-refractivity contribution in [3.8, 4) is 0 Å². The normalized spacial score (nSPS) is 15.2. The van der Waals surface area contributed by atoms with Crippen molar-refractivity contribution in [1.29, 1.82) is 0 Å². The van der Waals surface area contributed by atoms with E-state index >= 15 is 0 Å². The summed E-state index contributed by atoms with van der Waals surface area (Å²) in [6.07, 6.45) is 1.41. The lowest BCUT2D eigenvalue weighted by Gasteiger charge is -2.27. The summed E-state index contributed by atoms with van der Waals surface area (Å²) >= 11 is 0. The fourth-order valence-corrected chi connectivity index (χ4v) is 1.78. The molecule has 0 aliphatic rings. The third-order valence-corrected chi connectivity index (χ3v) is 2.89. The van der Waals surface area contributed by atoms with E-state index in [4.69, 9.17) is 5.11 Å². The van der Waals surface area contributed by atoms with Gasteiger partial charge in [-0.1, -0.05) is 20.8 Å². The Labute approximate surface area is 99.0 Å². The molecule has 0 fully saturated rings. The van der Waals surface area contributed by atoms with Gasteiger partial charge in [-0.05, 0) is 32.9 Å². The molecule has 2 unspecified atom stereocenters. The monoisotopic (exact) mass is 230 g/mol. The Bertz CT molecular complexity index is 205. The molecule has 0 bridgehead atoms. The Morgan fingerprint density at radius 3 is 2.25 bits per heavy atom. The first kappa shape index (κ1) is 15.4. The molecule has 0 aromatic rings. The fraction of sp³-hybridized carbons (Fsp3) is 0.917. The molecule has 0 saturated heterocycles. The molecule has 4 nitrogen and oxygen atoms in total. The van der Waals surface area contributed by atoms with E-state index in [-0.39, 0.29) is 24.6 Å². The summed E-state index contributed by atoms with van der Waals surface area (Å²) in [7, 11) is 3.81. The van der Waals surface area contributed by atoms with Crippen molar-refractivity contribution < 1.29 is 9.90 Å². The number of carbonyl (C=O) groups excluding carboxylic acids is 1. The summed E-state index contributed by atoms with van der Waals surface area (Å²) in [5.41, 5.74) is 0. The molecule has 0 heterocycles. The quantitative estimate of drug-likeness (QED) is 0.682. The minimum atomic E-state index is -0.0834. The average molecular weight is 230 g/mol. The van der Waals surface area contributed by atoms with E-state index in [9.17, 15) is 4.79 Å². The van der Waals surface area contributed by atoms with Crippen molar-refractivity contribution in [3.63, 3.8) is 0 Å². The van der Waals surface area contributed by atoms with Crippen LogP contribution in [-0.4, -0.2) is 48.7 Å². The Morgan fingerprint density at radius 2 is 1.94 bits per heavy atom. The number of hydrogen-bond donors (Lipinski definition) is 2. The number of nitrogens with zero attached hydrogens (tertiary/aromatic N) is 1. The second-order valence-corrected chi connectivity index (χ2v) is 4.76. The molecule has 2 atom stereocenters. The van der Waals surface area contributed by atoms with Crippen molar-refractivity contribution in [2.75, 3.05) is 20.7 Å². The molecule has 4 heteroatoms. The summed E-state index contributed by atoms with van der Waals surface area (Å²) in [6, 6.07) is -0.0218. The van der Waals surface area contributed by atoms with E-state index in [1.54, 1.807) is 0 Å². The molecule has 96 valence electrons. The van der Waals surface area contributed by atoms with Gasteiger partial charge < -0.3 is 10.4 Å². The number of aliphatic hydroxyl groups excluding tert-OH is 1. The molecule has 0 aromatic heterocycles. The highest BCUT2D eigenvalue weighted by atomic mass is 16.3. The summed E-state index contributed by atoms with van der Waals surface area (Å²) in [4.78, 5) is 13.9. The van der Waals surface area contributed by atoms with Crippen LogP contribution in [0, 0.1) is 5.92 Å². The second-order valence-electron chi connectivity index (χ2n) is 4.76. The van der Waals surface area contributed by atoms with Gasteiger partial charge in [0.25, 0.3) is 0 Å². The maximum absolute atomic E-state index is 12.0. The lowest BCUT2D eigenvalue weighted by Crippen LogP contribution is -2.48. The van der Waals surface area contributed by atoms with E-state index in [0.717, 1.165) is 6.42 Å². The van der Waals surface area contributed by atoms with E-state index in [1.807, 2.05) is 25.9 Å². The maximum atomic E-state index is 12.0. The van der Waals surface area contributed by atoms with E-state index < -0.39 is 0 Å². The Hall–Kier alpha value is -0.610. The highest BCUT2D eigenvalue weighted by Crippen LogP contribution is 2.07. The molecule has 0 aliphatic heterocycles. The summed E-state index contributed by atoms with van der Waals surface area (Å²) < 4.78 is 0. The predicted molar refractivity (Wildman–Crippen MR) is 66.2 cm³/mol. The molecule has 16 heavy (non-hydrogen) atoms. The summed E-state index contributed by atoms with van der Waals surface area (Å²) in [5.74, 6) is 0.399. The van der Waals surface area contributed by atoms with Crippen LogP contribution in [0.1, 0.15) is 33.6 Å². The molecule has 2 N–H and O–H groups in total. The lowest BCUT2D eigenvalue weighted by molar-refractivity contribution is -0.126. The van der Waals surface area contributed by atoms with Crippen molar-refractivity contribution in [2.24, 2.45) is 5.92 Å². The lowest BCUT2D eigenvalue weighted by atomic mass is 10.0. The molecular formula is C12H26N2O2. The van der Waals surface area contributed by atoms with Gasteiger partial charge in [-0.2, -0.15) is 0 Å². The van der Waals surface area contributed by atoms with Gasteiger partial charge in [0.2, 0.25) is 5.91 Å². The van der Waals surface area contributed by atoms with Crippen molar-refractivity contribution in [1.82, 2.24) is 10.2 Å². The van der Waals surface area contributed by atoms with Crippen LogP contribution in [0.15, 0.2) is 0 Å². The van der Waals surface area contributed by atoms with Crippen LogP contribution in [-0.2, 0) is 4.79 Å². The zero-order valence-corrected chi connectivity index (χ0v) is 11.2. The summed E-state index contributed by atoms with van der Waals surface area (Å²) in [5, 5.41) is 12.0. The molecule has 0 spiro atoms. The highest BCUT2D eigenvalue weighted by molar-refractivity contribution is 5.81. The first-order valence-corrected chi connectivity index (χ1v) is 6.01. The zero-order valence-electron chi connectivity index (χ0n) is 11.2. The Morgan fingerprint density at radius 1 is 1.38 bits per heavy atom. The molecule has 0 aliphatic carbocycles. The topological polar surface area (TPSA) is 52.6 Å². The maximum Gasteiger partial charge on any atom is 0.237 e. The van der Waals surface area contributed by atoms with E-state index in [2.05, 4.69) is 19.2 Å². The van der Waals surface area contributed by atoms with Crippen molar-refractivity contribution >= 4 is 5.91 Å². The van der Waals surface area contributed by atoms with Gasteiger partial charge in [-0.3, -0.25) is 9.69 Å². The van der Waals surface area contributed by atoms with Crippen LogP contribution in [0.25, 0.3) is 0 Å². The summed E-state index contributed by atoms with van der Waals surface area (Å²) in [6.45, 7) is 6.22. The minimum absolute atomic E-state index is 0.0552. The number of rotatable bonds is 7. The number of likely N-dealkylation sites (N-methyl/N-ethyl adjacent to an activating group) is 1. The third kappa shape index (κ3) is 4.94. The predicted octanol–water partition coefficient (Wildman–Crippen LogP) is 0.850. The molecule has 0 radical (unpaired) electrons. The van der Waals surface area contributed by atoms with Gasteiger partial charge in [0.05, 0.1) is 6.04 Å². The highest BCUT2D eigenvalue weighted by Gasteiger charge is 2.22. The Kier molecular flexibility index (Phi) is 7.34. The fourth-order valence-electron chi connectivity index (χ4n) is 1.78. The van der Waals surface area contributed by atoms with Crippen LogP contribution in [0.5, 0.6) is 0 Å². The van der Waals surface area contributed by atoms with Gasteiger partial charge >= 0.3 is 0 Å². The standard InChI is InChI=1S/C12H26N2O2/c1-6-11(14(4)5)12(16)13-10(7-8-15)9(2)3/h9-11,15H,6-8H2,1-5H3,(H,13,16). The van der Waals surface area contributed by atoms with Gasteiger partial charge in [0.15, 0.2) is 0 Å². The molecular weight excluding hydrogens is 204 g/mol. The van der Waals surface area contributed by atoms with Crippen LogP contribution in [0.2, 0.25) is 0 Å². The van der Waals surface area contributed by atoms with Crippen LogP contribution in [0.3, 0.4) is 0 Å². The molecule has 1 amide bonds. The molecule has 0 rings (SSSR count). The van der Waals surface area contributed by atoms with Gasteiger partial charge in [-0.25, -0.2) is 0 Å². The number of amides is 1. The smallest absolute Gasteiger partial charge is 0.237 e. The van der Waals surface area contributed by atoms with Crippen molar-refractivity contribution in [2.45, 2.75) is 45.7 Å². The first-order valence-electron chi connectivity index (χ1n) is 6.01. The third-order valence-electron chi connectivity index (χ3n) is 2.89. The number of carbonyl (C=O) groups is 1. The minimum Gasteiger partial charge on any atom is -0.396 e.